The van der Waals surface area contributed by atoms with Crippen LogP contribution in [0.4, 0.5) is 0 Å². The monoisotopic (exact) mass is 259 g/mol. The molecule has 1 saturated heterocycles. The molecule has 4 nitrogen and oxygen atoms in total. The molecule has 0 radical (unpaired) electrons. The van der Waals surface area contributed by atoms with Gasteiger partial charge < -0.3 is 14.6 Å². The quantitative estimate of drug-likeness (QED) is 0.919. The fourth-order valence-electron chi connectivity index (χ4n) is 2.98. The van der Waals surface area contributed by atoms with Crippen molar-refractivity contribution in [3.8, 4) is 0 Å². The van der Waals surface area contributed by atoms with Crippen LogP contribution >= 0.6 is 0 Å². The van der Waals surface area contributed by atoms with Crippen LogP contribution in [0.25, 0.3) is 11.0 Å². The first kappa shape index (κ1) is 12.6. The largest absolute Gasteiger partial charge is 0.378 e. The van der Waals surface area contributed by atoms with Gasteiger partial charge in [-0.05, 0) is 23.6 Å². The smallest absolute Gasteiger partial charge is 0.140 e. The lowest BCUT2D eigenvalue weighted by Gasteiger charge is -2.19. The summed E-state index contributed by atoms with van der Waals surface area (Å²) >= 11 is 0. The molecule has 0 amide bonds. The number of nitrogens with one attached hydrogen (secondary N) is 1. The molecule has 1 aliphatic heterocycles. The first-order chi connectivity index (χ1) is 9.22. The molecule has 1 fully saturated rings. The molecule has 0 aliphatic carbocycles. The standard InChI is InChI=1S/C15H21N3O/c1-10(2)12-9-18(13-7-16-8-14(13)19-3)15-11(12)5-4-6-17-15/h4-6,9-10,13-14,16H,7-8H2,1-3H3/t13-,14-/m0/s1. The normalized spacial score (nSPS) is 23.6. The van der Waals surface area contributed by atoms with Gasteiger partial charge in [0.1, 0.15) is 5.65 Å². The van der Waals surface area contributed by atoms with Gasteiger partial charge in [-0.2, -0.15) is 0 Å². The van der Waals surface area contributed by atoms with E-state index in [4.69, 9.17) is 4.74 Å². The first-order valence-electron chi connectivity index (χ1n) is 6.91. The van der Waals surface area contributed by atoms with Crippen LogP contribution in [0.2, 0.25) is 0 Å². The Morgan fingerprint density at radius 1 is 1.42 bits per heavy atom. The molecule has 102 valence electrons. The number of hydrogen-bond donors (Lipinski definition) is 1. The number of aromatic nitrogens is 2. The summed E-state index contributed by atoms with van der Waals surface area (Å²) in [5.41, 5.74) is 2.44. The first-order valence-corrected chi connectivity index (χ1v) is 6.91. The molecule has 3 rings (SSSR count). The molecule has 0 aromatic carbocycles. The summed E-state index contributed by atoms with van der Waals surface area (Å²) in [5, 5.41) is 4.66. The van der Waals surface area contributed by atoms with Crippen LogP contribution in [0.15, 0.2) is 24.5 Å². The van der Waals surface area contributed by atoms with Gasteiger partial charge in [0.25, 0.3) is 0 Å². The van der Waals surface area contributed by atoms with Crippen LogP contribution < -0.4 is 5.32 Å². The Labute approximate surface area is 113 Å². The molecule has 3 heterocycles. The summed E-state index contributed by atoms with van der Waals surface area (Å²) in [6.07, 6.45) is 4.34. The molecule has 2 atom stereocenters. The summed E-state index contributed by atoms with van der Waals surface area (Å²) < 4.78 is 7.88. The van der Waals surface area contributed by atoms with Crippen LogP contribution in [0.1, 0.15) is 31.4 Å². The van der Waals surface area contributed by atoms with Gasteiger partial charge in [0, 0.05) is 38.0 Å². The van der Waals surface area contributed by atoms with E-state index in [0.717, 1.165) is 18.7 Å². The highest BCUT2D eigenvalue weighted by Gasteiger charge is 2.30. The Balaban J connectivity index is 2.13. The van der Waals surface area contributed by atoms with Gasteiger partial charge >= 0.3 is 0 Å². The van der Waals surface area contributed by atoms with E-state index in [9.17, 15) is 0 Å². The third kappa shape index (κ3) is 2.05. The number of methoxy groups -OCH3 is 1. The summed E-state index contributed by atoms with van der Waals surface area (Å²) in [4.78, 5) is 4.58. The zero-order valence-corrected chi connectivity index (χ0v) is 11.8. The molecule has 4 heteroatoms. The highest BCUT2D eigenvalue weighted by Crippen LogP contribution is 2.30. The minimum Gasteiger partial charge on any atom is -0.378 e. The molecule has 0 bridgehead atoms. The summed E-state index contributed by atoms with van der Waals surface area (Å²) in [7, 11) is 1.78. The summed E-state index contributed by atoms with van der Waals surface area (Å²) in [6, 6.07) is 4.51. The van der Waals surface area contributed by atoms with E-state index in [2.05, 4.69) is 41.0 Å². The number of pyridine rings is 1. The molecule has 19 heavy (non-hydrogen) atoms. The van der Waals surface area contributed by atoms with Crippen LogP contribution in [0.5, 0.6) is 0 Å². The van der Waals surface area contributed by atoms with E-state index in [-0.39, 0.29) is 6.10 Å². The number of nitrogens with zero attached hydrogens (tertiary/aromatic N) is 2. The second-order valence-electron chi connectivity index (χ2n) is 5.52. The summed E-state index contributed by atoms with van der Waals surface area (Å²) in [5.74, 6) is 0.503. The molecule has 1 N–H and O–H groups in total. The van der Waals surface area contributed by atoms with Crippen LogP contribution in [-0.2, 0) is 4.74 Å². The van der Waals surface area contributed by atoms with Gasteiger partial charge in [0.15, 0.2) is 0 Å². The molecule has 0 unspecified atom stereocenters. The second kappa shape index (κ2) is 4.94. The topological polar surface area (TPSA) is 39.1 Å². The maximum Gasteiger partial charge on any atom is 0.140 e. The van der Waals surface area contributed by atoms with E-state index < -0.39 is 0 Å². The van der Waals surface area contributed by atoms with Crippen LogP contribution in [-0.4, -0.2) is 35.9 Å². The minimum atomic E-state index is 0.220. The molecule has 0 saturated carbocycles. The SMILES string of the molecule is CO[C@H]1CNC[C@@H]1n1cc(C(C)C)c2cccnc21. The van der Waals surface area contributed by atoms with E-state index >= 15 is 0 Å². The molecular weight excluding hydrogens is 238 g/mol. The fraction of sp³-hybridized carbons (Fsp3) is 0.533. The number of hydrogen-bond acceptors (Lipinski definition) is 3. The third-order valence-electron chi connectivity index (χ3n) is 4.03. The molecule has 2 aromatic heterocycles. The minimum absolute atomic E-state index is 0.220. The van der Waals surface area contributed by atoms with Gasteiger partial charge in [-0.25, -0.2) is 4.98 Å². The average Bonchev–Trinajstić information content (AvgIpc) is 3.02. The van der Waals surface area contributed by atoms with Crippen molar-refractivity contribution in [3.63, 3.8) is 0 Å². The fourth-order valence-corrected chi connectivity index (χ4v) is 2.98. The van der Waals surface area contributed by atoms with Crippen molar-refractivity contribution in [3.05, 3.63) is 30.1 Å². The zero-order valence-electron chi connectivity index (χ0n) is 11.8. The van der Waals surface area contributed by atoms with Gasteiger partial charge in [-0.3, -0.25) is 0 Å². The summed E-state index contributed by atoms with van der Waals surface area (Å²) in [6.45, 7) is 6.31. The van der Waals surface area contributed by atoms with Gasteiger partial charge in [0.05, 0.1) is 12.1 Å². The van der Waals surface area contributed by atoms with Crippen molar-refractivity contribution in [1.82, 2.24) is 14.9 Å². The van der Waals surface area contributed by atoms with Gasteiger partial charge in [-0.1, -0.05) is 13.8 Å². The van der Waals surface area contributed by atoms with E-state index in [1.54, 1.807) is 7.11 Å². The van der Waals surface area contributed by atoms with Crippen molar-refractivity contribution in [1.29, 1.82) is 0 Å². The highest BCUT2D eigenvalue weighted by molar-refractivity contribution is 5.81. The van der Waals surface area contributed by atoms with Crippen molar-refractivity contribution >= 4 is 11.0 Å². The Kier molecular flexibility index (Phi) is 3.29. The second-order valence-corrected chi connectivity index (χ2v) is 5.52. The lowest BCUT2D eigenvalue weighted by atomic mass is 10.0. The van der Waals surface area contributed by atoms with Gasteiger partial charge in [-0.15, -0.1) is 0 Å². The van der Waals surface area contributed by atoms with Crippen LogP contribution in [0.3, 0.4) is 0 Å². The molecule has 1 aliphatic rings. The Bertz CT molecular complexity index is 576. The maximum absolute atomic E-state index is 5.59. The molecular formula is C15H21N3O. The third-order valence-corrected chi connectivity index (χ3v) is 4.03. The van der Waals surface area contributed by atoms with Crippen molar-refractivity contribution in [2.75, 3.05) is 20.2 Å². The van der Waals surface area contributed by atoms with Gasteiger partial charge in [0.2, 0.25) is 0 Å². The van der Waals surface area contributed by atoms with E-state index in [1.807, 2.05) is 12.3 Å². The molecule has 0 spiro atoms. The predicted octanol–water partition coefficient (Wildman–Crippen LogP) is 2.32. The van der Waals surface area contributed by atoms with Crippen LogP contribution in [0, 0.1) is 0 Å². The van der Waals surface area contributed by atoms with Crippen molar-refractivity contribution < 1.29 is 4.74 Å². The predicted molar refractivity (Wildman–Crippen MR) is 76.5 cm³/mol. The average molecular weight is 259 g/mol. The molecule has 2 aromatic rings. The number of rotatable bonds is 3. The van der Waals surface area contributed by atoms with Crippen molar-refractivity contribution in [2.24, 2.45) is 0 Å². The number of fused-ring (bicyclic) bond motifs is 1. The van der Waals surface area contributed by atoms with E-state index in [0.29, 0.717) is 12.0 Å². The van der Waals surface area contributed by atoms with Crippen molar-refractivity contribution in [2.45, 2.75) is 31.9 Å². The number of ether oxygens (including phenoxy) is 1. The van der Waals surface area contributed by atoms with E-state index in [1.165, 1.54) is 10.9 Å². The highest BCUT2D eigenvalue weighted by atomic mass is 16.5. The Morgan fingerprint density at radius 2 is 2.26 bits per heavy atom. The lowest BCUT2D eigenvalue weighted by molar-refractivity contribution is 0.0877. The Morgan fingerprint density at radius 3 is 3.00 bits per heavy atom. The maximum atomic E-state index is 5.59. The zero-order chi connectivity index (χ0) is 13.4. The lowest BCUT2D eigenvalue weighted by Crippen LogP contribution is -2.24. The Hall–Kier alpha value is -1.39.